The quantitative estimate of drug-likeness (QED) is 0.788. The van der Waals surface area contributed by atoms with Gasteiger partial charge in [-0.2, -0.15) is 0 Å². The van der Waals surface area contributed by atoms with Crippen molar-refractivity contribution < 1.29 is 9.53 Å². The lowest BCUT2D eigenvalue weighted by Gasteiger charge is -2.30. The Kier molecular flexibility index (Phi) is 3.95. The van der Waals surface area contributed by atoms with Crippen molar-refractivity contribution in [2.75, 3.05) is 13.2 Å². The maximum Gasteiger partial charge on any atom is 0.225 e. The SMILES string of the molecule is CC(Br)C(C)(C)NC(=O)C1CCOC1. The normalized spacial score (nSPS) is 24.7. The van der Waals surface area contributed by atoms with Crippen LogP contribution < -0.4 is 5.32 Å². The molecule has 0 aliphatic carbocycles. The van der Waals surface area contributed by atoms with E-state index in [9.17, 15) is 4.79 Å². The van der Waals surface area contributed by atoms with Crippen LogP contribution in [0.15, 0.2) is 0 Å². The molecule has 2 unspecified atom stereocenters. The van der Waals surface area contributed by atoms with Gasteiger partial charge in [-0.3, -0.25) is 4.79 Å². The largest absolute Gasteiger partial charge is 0.381 e. The summed E-state index contributed by atoms with van der Waals surface area (Å²) in [5.41, 5.74) is -0.209. The third-order valence-corrected chi connectivity index (χ3v) is 3.88. The topological polar surface area (TPSA) is 38.3 Å². The lowest BCUT2D eigenvalue weighted by atomic mass is 9.99. The molecule has 0 aromatic carbocycles. The number of carbonyl (C=O) groups is 1. The highest BCUT2D eigenvalue weighted by Crippen LogP contribution is 2.19. The predicted molar refractivity (Wildman–Crippen MR) is 59.5 cm³/mol. The molecule has 1 rings (SSSR count). The number of ether oxygens (including phenoxy) is 1. The van der Waals surface area contributed by atoms with Gasteiger partial charge in [0.25, 0.3) is 0 Å². The minimum Gasteiger partial charge on any atom is -0.381 e. The molecule has 82 valence electrons. The van der Waals surface area contributed by atoms with Gasteiger partial charge in [0.2, 0.25) is 5.91 Å². The molecule has 0 radical (unpaired) electrons. The number of nitrogens with one attached hydrogen (secondary N) is 1. The maximum atomic E-state index is 11.8. The van der Waals surface area contributed by atoms with Gasteiger partial charge in [-0.15, -0.1) is 0 Å². The van der Waals surface area contributed by atoms with Gasteiger partial charge in [0.15, 0.2) is 0 Å². The second-order valence-corrected chi connectivity index (χ2v) is 5.76. The highest BCUT2D eigenvalue weighted by atomic mass is 79.9. The molecule has 1 saturated heterocycles. The Hall–Kier alpha value is -0.0900. The number of rotatable bonds is 3. The Morgan fingerprint density at radius 2 is 2.29 bits per heavy atom. The Labute approximate surface area is 93.7 Å². The summed E-state index contributed by atoms with van der Waals surface area (Å²) in [6, 6.07) is 0. The molecule has 1 amide bonds. The Morgan fingerprint density at radius 3 is 2.71 bits per heavy atom. The third-order valence-electron chi connectivity index (χ3n) is 2.74. The third kappa shape index (κ3) is 2.95. The molecular formula is C10H18BrNO2. The first-order chi connectivity index (χ1) is 6.43. The fourth-order valence-electron chi connectivity index (χ4n) is 1.26. The molecular weight excluding hydrogens is 246 g/mol. The lowest BCUT2D eigenvalue weighted by Crippen LogP contribution is -2.50. The Balaban J connectivity index is 2.46. The number of carbonyl (C=O) groups excluding carboxylic acids is 1. The van der Waals surface area contributed by atoms with E-state index in [0.29, 0.717) is 13.2 Å². The Morgan fingerprint density at radius 1 is 1.64 bits per heavy atom. The predicted octanol–water partition coefficient (Wildman–Crippen LogP) is 1.70. The van der Waals surface area contributed by atoms with Gasteiger partial charge in [-0.05, 0) is 20.3 Å². The van der Waals surface area contributed by atoms with Crippen LogP contribution in [-0.2, 0) is 9.53 Å². The fraction of sp³-hybridized carbons (Fsp3) is 0.900. The van der Waals surface area contributed by atoms with Crippen molar-refractivity contribution in [2.24, 2.45) is 5.92 Å². The van der Waals surface area contributed by atoms with Gasteiger partial charge in [-0.1, -0.05) is 22.9 Å². The standard InChI is InChI=1S/C10H18BrNO2/c1-7(11)10(2,3)12-9(13)8-4-5-14-6-8/h7-8H,4-6H2,1-3H3,(H,12,13). The number of halogens is 1. The van der Waals surface area contributed by atoms with Gasteiger partial charge >= 0.3 is 0 Å². The first-order valence-electron chi connectivity index (χ1n) is 4.97. The molecule has 0 saturated carbocycles. The van der Waals surface area contributed by atoms with E-state index in [1.165, 1.54) is 0 Å². The van der Waals surface area contributed by atoms with Crippen molar-refractivity contribution in [1.82, 2.24) is 5.32 Å². The molecule has 0 spiro atoms. The van der Waals surface area contributed by atoms with Crippen LogP contribution in [-0.4, -0.2) is 29.5 Å². The second-order valence-electron chi connectivity index (χ2n) is 4.39. The van der Waals surface area contributed by atoms with E-state index < -0.39 is 0 Å². The zero-order valence-electron chi connectivity index (χ0n) is 8.97. The second kappa shape index (κ2) is 4.62. The summed E-state index contributed by atoms with van der Waals surface area (Å²) in [6.45, 7) is 7.34. The zero-order chi connectivity index (χ0) is 10.8. The zero-order valence-corrected chi connectivity index (χ0v) is 10.6. The van der Waals surface area contributed by atoms with E-state index >= 15 is 0 Å². The highest BCUT2D eigenvalue weighted by molar-refractivity contribution is 9.09. The molecule has 4 heteroatoms. The fourth-order valence-corrected chi connectivity index (χ4v) is 1.37. The van der Waals surface area contributed by atoms with Crippen LogP contribution in [0.3, 0.4) is 0 Å². The van der Waals surface area contributed by atoms with Gasteiger partial charge in [0, 0.05) is 17.0 Å². The van der Waals surface area contributed by atoms with Crippen molar-refractivity contribution in [3.63, 3.8) is 0 Å². The van der Waals surface area contributed by atoms with Crippen LogP contribution in [0.1, 0.15) is 27.2 Å². The minimum absolute atomic E-state index is 0.0422. The van der Waals surface area contributed by atoms with Crippen molar-refractivity contribution >= 4 is 21.8 Å². The minimum atomic E-state index is -0.209. The summed E-state index contributed by atoms with van der Waals surface area (Å²) in [5.74, 6) is 0.152. The molecule has 14 heavy (non-hydrogen) atoms. The maximum absolute atomic E-state index is 11.8. The first kappa shape index (κ1) is 12.0. The molecule has 0 bridgehead atoms. The average molecular weight is 264 g/mol. The van der Waals surface area contributed by atoms with Crippen molar-refractivity contribution in [2.45, 2.75) is 37.6 Å². The van der Waals surface area contributed by atoms with Gasteiger partial charge < -0.3 is 10.1 Å². The molecule has 2 atom stereocenters. The molecule has 1 fully saturated rings. The molecule has 3 nitrogen and oxygen atoms in total. The summed E-state index contributed by atoms with van der Waals surface area (Å²) in [7, 11) is 0. The summed E-state index contributed by atoms with van der Waals surface area (Å²) in [5, 5.41) is 3.03. The van der Waals surface area contributed by atoms with E-state index in [4.69, 9.17) is 4.74 Å². The Bertz CT molecular complexity index is 210. The van der Waals surface area contributed by atoms with E-state index in [-0.39, 0.29) is 22.2 Å². The van der Waals surface area contributed by atoms with Crippen molar-refractivity contribution in [1.29, 1.82) is 0 Å². The molecule has 0 aromatic rings. The average Bonchev–Trinajstić information content (AvgIpc) is 2.54. The van der Waals surface area contributed by atoms with E-state index in [1.807, 2.05) is 20.8 Å². The van der Waals surface area contributed by atoms with E-state index in [0.717, 1.165) is 6.42 Å². The van der Waals surface area contributed by atoms with Crippen molar-refractivity contribution in [3.05, 3.63) is 0 Å². The molecule has 0 aromatic heterocycles. The number of hydrogen-bond donors (Lipinski definition) is 1. The van der Waals surface area contributed by atoms with Crippen LogP contribution in [0.2, 0.25) is 0 Å². The number of alkyl halides is 1. The van der Waals surface area contributed by atoms with Gasteiger partial charge in [0.05, 0.1) is 12.5 Å². The summed E-state index contributed by atoms with van der Waals surface area (Å²) in [6.07, 6.45) is 0.846. The summed E-state index contributed by atoms with van der Waals surface area (Å²) < 4.78 is 5.18. The molecule has 1 heterocycles. The molecule has 1 aliphatic heterocycles. The van der Waals surface area contributed by atoms with E-state index in [1.54, 1.807) is 0 Å². The van der Waals surface area contributed by atoms with Gasteiger partial charge in [0.1, 0.15) is 0 Å². The first-order valence-corrected chi connectivity index (χ1v) is 5.89. The number of amides is 1. The van der Waals surface area contributed by atoms with Gasteiger partial charge in [-0.25, -0.2) is 0 Å². The van der Waals surface area contributed by atoms with Crippen LogP contribution in [0, 0.1) is 5.92 Å². The van der Waals surface area contributed by atoms with Crippen LogP contribution in [0.25, 0.3) is 0 Å². The summed E-state index contributed by atoms with van der Waals surface area (Å²) >= 11 is 3.49. The smallest absolute Gasteiger partial charge is 0.225 e. The number of hydrogen-bond acceptors (Lipinski definition) is 2. The van der Waals surface area contributed by atoms with Crippen LogP contribution in [0.4, 0.5) is 0 Å². The van der Waals surface area contributed by atoms with Crippen LogP contribution >= 0.6 is 15.9 Å². The summed E-state index contributed by atoms with van der Waals surface area (Å²) in [4.78, 5) is 12.0. The van der Waals surface area contributed by atoms with Crippen molar-refractivity contribution in [3.8, 4) is 0 Å². The van der Waals surface area contributed by atoms with Crippen LogP contribution in [0.5, 0.6) is 0 Å². The highest BCUT2D eigenvalue weighted by Gasteiger charge is 2.30. The monoisotopic (exact) mass is 263 g/mol. The molecule has 1 N–H and O–H groups in total. The lowest BCUT2D eigenvalue weighted by molar-refractivity contribution is -0.126. The molecule has 1 aliphatic rings. The van der Waals surface area contributed by atoms with E-state index in [2.05, 4.69) is 21.2 Å².